The van der Waals surface area contributed by atoms with Gasteiger partial charge in [0.1, 0.15) is 0 Å². The zero-order chi connectivity index (χ0) is 14.2. The number of amides is 1. The number of hydrogen-bond donors (Lipinski definition) is 4. The number of carbonyl (C=O) groups is 2. The summed E-state index contributed by atoms with van der Waals surface area (Å²) in [6.07, 6.45) is 0.585. The minimum atomic E-state index is -4.01. The van der Waals surface area contributed by atoms with Crippen LogP contribution in [0.2, 0.25) is 0 Å². The number of rotatable bonds is 9. The lowest BCUT2D eigenvalue weighted by Crippen LogP contribution is -2.41. The van der Waals surface area contributed by atoms with Gasteiger partial charge in [0.25, 0.3) is 10.1 Å². The number of carbonyl (C=O) groups excluding carboxylic acids is 1. The number of carboxylic acids is 1. The average Bonchev–Trinajstić information content (AvgIpc) is 2.22. The van der Waals surface area contributed by atoms with E-state index in [1.54, 1.807) is 0 Å². The van der Waals surface area contributed by atoms with E-state index in [2.05, 4.69) is 5.32 Å². The van der Waals surface area contributed by atoms with Crippen LogP contribution in [-0.4, -0.2) is 48.3 Å². The molecule has 8 nitrogen and oxygen atoms in total. The van der Waals surface area contributed by atoms with Gasteiger partial charge in [-0.1, -0.05) is 0 Å². The summed E-state index contributed by atoms with van der Waals surface area (Å²) < 4.78 is 29.2. The third kappa shape index (κ3) is 10.00. The van der Waals surface area contributed by atoms with Crippen molar-refractivity contribution < 1.29 is 27.7 Å². The standard InChI is InChI=1S/C9H18N2O6S/c10-7(3-1-4-8(12)13)9(14)11-5-2-6-18(15,16)17/h7H,1-6,10H2,(H,11,14)(H,12,13)(H,15,16,17)/t7-/m0/s1. The van der Waals surface area contributed by atoms with Crippen LogP contribution >= 0.6 is 0 Å². The number of carboxylic acid groups (broad SMARTS) is 1. The normalized spacial score (nSPS) is 13.0. The molecule has 0 fully saturated rings. The van der Waals surface area contributed by atoms with Gasteiger partial charge in [0, 0.05) is 13.0 Å². The zero-order valence-electron chi connectivity index (χ0n) is 9.83. The van der Waals surface area contributed by atoms with Crippen molar-refractivity contribution in [3.8, 4) is 0 Å². The Kier molecular flexibility index (Phi) is 7.48. The van der Waals surface area contributed by atoms with Crippen molar-refractivity contribution in [2.24, 2.45) is 5.73 Å². The molecular weight excluding hydrogens is 264 g/mol. The van der Waals surface area contributed by atoms with Crippen LogP contribution in [0.5, 0.6) is 0 Å². The molecule has 0 radical (unpaired) electrons. The molecule has 106 valence electrons. The first-order valence-corrected chi connectivity index (χ1v) is 7.03. The van der Waals surface area contributed by atoms with E-state index in [0.717, 1.165) is 0 Å². The van der Waals surface area contributed by atoms with Crippen LogP contribution in [0.25, 0.3) is 0 Å². The van der Waals surface area contributed by atoms with Gasteiger partial charge in [-0.25, -0.2) is 0 Å². The molecule has 1 amide bonds. The Morgan fingerprint density at radius 1 is 1.28 bits per heavy atom. The highest BCUT2D eigenvalue weighted by molar-refractivity contribution is 7.85. The van der Waals surface area contributed by atoms with Gasteiger partial charge < -0.3 is 16.2 Å². The third-order valence-electron chi connectivity index (χ3n) is 2.12. The van der Waals surface area contributed by atoms with Crippen molar-refractivity contribution in [2.75, 3.05) is 12.3 Å². The molecule has 18 heavy (non-hydrogen) atoms. The predicted octanol–water partition coefficient (Wildman–Crippen LogP) is -1.04. The van der Waals surface area contributed by atoms with Crippen LogP contribution in [0.4, 0.5) is 0 Å². The summed E-state index contributed by atoms with van der Waals surface area (Å²) in [4.78, 5) is 21.6. The lowest BCUT2D eigenvalue weighted by Gasteiger charge is -2.11. The van der Waals surface area contributed by atoms with Crippen LogP contribution in [-0.2, 0) is 19.7 Å². The van der Waals surface area contributed by atoms with Crippen molar-refractivity contribution >= 4 is 22.0 Å². The molecule has 9 heteroatoms. The lowest BCUT2D eigenvalue weighted by molar-refractivity contribution is -0.137. The van der Waals surface area contributed by atoms with E-state index in [1.807, 2.05) is 0 Å². The monoisotopic (exact) mass is 282 g/mol. The summed E-state index contributed by atoms with van der Waals surface area (Å²) in [5.41, 5.74) is 5.50. The van der Waals surface area contributed by atoms with E-state index in [9.17, 15) is 18.0 Å². The number of hydrogen-bond acceptors (Lipinski definition) is 5. The van der Waals surface area contributed by atoms with E-state index in [1.165, 1.54) is 0 Å². The Labute approximate surface area is 105 Å². The summed E-state index contributed by atoms with van der Waals surface area (Å²) in [6, 6.07) is -0.810. The Morgan fingerprint density at radius 3 is 2.39 bits per heavy atom. The maximum atomic E-state index is 11.3. The maximum Gasteiger partial charge on any atom is 0.303 e. The molecule has 0 aromatic carbocycles. The SMILES string of the molecule is N[C@@H](CCCC(=O)O)C(=O)NCCCS(=O)(=O)O. The van der Waals surface area contributed by atoms with Crippen LogP contribution in [0.15, 0.2) is 0 Å². The van der Waals surface area contributed by atoms with Crippen molar-refractivity contribution in [3.05, 3.63) is 0 Å². The highest BCUT2D eigenvalue weighted by atomic mass is 32.2. The van der Waals surface area contributed by atoms with E-state index >= 15 is 0 Å². The summed E-state index contributed by atoms with van der Waals surface area (Å²) in [7, 11) is -4.01. The van der Waals surface area contributed by atoms with Crippen molar-refractivity contribution in [1.29, 1.82) is 0 Å². The Bertz CT molecular complexity index is 381. The number of nitrogens with one attached hydrogen (secondary N) is 1. The molecule has 0 aliphatic rings. The number of aliphatic carboxylic acids is 1. The maximum absolute atomic E-state index is 11.3. The molecule has 0 aliphatic carbocycles. The second kappa shape index (κ2) is 8.01. The first kappa shape index (κ1) is 16.8. The van der Waals surface area contributed by atoms with Crippen LogP contribution in [0.3, 0.4) is 0 Å². The molecule has 0 bridgehead atoms. The molecule has 0 aromatic rings. The highest BCUT2D eigenvalue weighted by Crippen LogP contribution is 1.99. The zero-order valence-corrected chi connectivity index (χ0v) is 10.6. The highest BCUT2D eigenvalue weighted by Gasteiger charge is 2.13. The fourth-order valence-electron chi connectivity index (χ4n) is 1.20. The fourth-order valence-corrected chi connectivity index (χ4v) is 1.71. The van der Waals surface area contributed by atoms with Gasteiger partial charge in [-0.05, 0) is 19.3 Å². The minimum absolute atomic E-state index is 0.0518. The van der Waals surface area contributed by atoms with E-state index in [-0.39, 0.29) is 25.8 Å². The molecule has 0 heterocycles. The van der Waals surface area contributed by atoms with Crippen LogP contribution < -0.4 is 11.1 Å². The summed E-state index contributed by atoms with van der Waals surface area (Å²) in [5.74, 6) is -1.84. The largest absolute Gasteiger partial charge is 0.481 e. The van der Waals surface area contributed by atoms with E-state index < -0.39 is 33.8 Å². The molecular formula is C9H18N2O6S. The molecule has 0 unspecified atom stereocenters. The molecule has 0 aromatic heterocycles. The average molecular weight is 282 g/mol. The quantitative estimate of drug-likeness (QED) is 0.312. The molecule has 0 spiro atoms. The van der Waals surface area contributed by atoms with E-state index in [0.29, 0.717) is 6.42 Å². The predicted molar refractivity (Wildman–Crippen MR) is 63.5 cm³/mol. The van der Waals surface area contributed by atoms with Crippen molar-refractivity contribution in [3.63, 3.8) is 0 Å². The molecule has 0 aliphatic heterocycles. The number of nitrogens with two attached hydrogens (primary N) is 1. The van der Waals surface area contributed by atoms with Crippen LogP contribution in [0, 0.1) is 0 Å². The van der Waals surface area contributed by atoms with Gasteiger partial charge in [-0.2, -0.15) is 8.42 Å². The van der Waals surface area contributed by atoms with Gasteiger partial charge in [0.2, 0.25) is 5.91 Å². The summed E-state index contributed by atoms with van der Waals surface area (Å²) in [6.45, 7) is 0.0885. The molecule has 1 atom stereocenters. The molecule has 5 N–H and O–H groups in total. The van der Waals surface area contributed by atoms with Gasteiger partial charge >= 0.3 is 5.97 Å². The first-order valence-electron chi connectivity index (χ1n) is 5.42. The second-order valence-electron chi connectivity index (χ2n) is 3.82. The van der Waals surface area contributed by atoms with Crippen LogP contribution in [0.1, 0.15) is 25.7 Å². The summed E-state index contributed by atoms with van der Waals surface area (Å²) in [5, 5.41) is 10.8. The van der Waals surface area contributed by atoms with Crippen molar-refractivity contribution in [2.45, 2.75) is 31.7 Å². The Balaban J connectivity index is 3.71. The van der Waals surface area contributed by atoms with Gasteiger partial charge in [-0.15, -0.1) is 0 Å². The first-order chi connectivity index (χ1) is 8.22. The second-order valence-corrected chi connectivity index (χ2v) is 5.40. The molecule has 0 rings (SSSR count). The minimum Gasteiger partial charge on any atom is -0.481 e. The van der Waals surface area contributed by atoms with Gasteiger partial charge in [-0.3, -0.25) is 14.1 Å². The molecule has 0 saturated carbocycles. The fraction of sp³-hybridized carbons (Fsp3) is 0.778. The topological polar surface area (TPSA) is 147 Å². The Hall–Kier alpha value is -1.19. The smallest absolute Gasteiger partial charge is 0.303 e. The van der Waals surface area contributed by atoms with Crippen molar-refractivity contribution in [1.82, 2.24) is 5.32 Å². The van der Waals surface area contributed by atoms with Gasteiger partial charge in [0.15, 0.2) is 0 Å². The third-order valence-corrected chi connectivity index (χ3v) is 2.93. The Morgan fingerprint density at radius 2 is 1.89 bits per heavy atom. The van der Waals surface area contributed by atoms with Gasteiger partial charge in [0.05, 0.1) is 11.8 Å². The van der Waals surface area contributed by atoms with E-state index in [4.69, 9.17) is 15.4 Å². The molecule has 0 saturated heterocycles. The summed E-state index contributed by atoms with van der Waals surface area (Å²) >= 11 is 0. The lowest BCUT2D eigenvalue weighted by atomic mass is 10.1.